The summed E-state index contributed by atoms with van der Waals surface area (Å²) in [7, 11) is 0. The van der Waals surface area contributed by atoms with E-state index in [1.54, 1.807) is 0 Å². The van der Waals surface area contributed by atoms with Crippen LogP contribution >= 0.6 is 0 Å². The number of nitrogens with one attached hydrogen (secondary N) is 2. The van der Waals surface area contributed by atoms with E-state index in [-0.39, 0.29) is 16.8 Å². The summed E-state index contributed by atoms with van der Waals surface area (Å²) in [6, 6.07) is 4.56. The van der Waals surface area contributed by atoms with E-state index < -0.39 is 11.7 Å². The minimum absolute atomic E-state index is 0.130. The van der Waals surface area contributed by atoms with Crippen molar-refractivity contribution >= 4 is 11.9 Å². The molecule has 0 bridgehead atoms. The first-order chi connectivity index (χ1) is 8.47. The Morgan fingerprint density at radius 2 is 2.06 bits per heavy atom. The second-order valence-corrected chi connectivity index (χ2v) is 3.50. The van der Waals surface area contributed by atoms with Gasteiger partial charge in [-0.3, -0.25) is 14.9 Å². The molecule has 0 atom stereocenters. The van der Waals surface area contributed by atoms with Crippen LogP contribution in [0.5, 0.6) is 0 Å². The molecule has 94 valence electrons. The average Bonchev–Trinajstić information content (AvgIpc) is 2.72. The monoisotopic (exact) mass is 255 g/mol. The lowest BCUT2D eigenvalue weighted by molar-refractivity contribution is -0.137. The molecule has 0 aliphatic carbocycles. The molecule has 4 nitrogen and oxygen atoms in total. The van der Waals surface area contributed by atoms with Crippen LogP contribution in [0.25, 0.3) is 0 Å². The van der Waals surface area contributed by atoms with Crippen LogP contribution in [0.2, 0.25) is 0 Å². The Bertz CT molecular complexity index is 625. The largest absolute Gasteiger partial charge is 0.416 e. The lowest BCUT2D eigenvalue weighted by Gasteiger charge is -2.06. The van der Waals surface area contributed by atoms with Crippen molar-refractivity contribution in [2.24, 2.45) is 4.99 Å². The molecule has 0 aliphatic heterocycles. The summed E-state index contributed by atoms with van der Waals surface area (Å²) in [6.07, 6.45) is -1.83. The van der Waals surface area contributed by atoms with Crippen LogP contribution in [0.15, 0.2) is 40.2 Å². The quantitative estimate of drug-likeness (QED) is 0.795. The van der Waals surface area contributed by atoms with Crippen LogP contribution in [0.1, 0.15) is 11.1 Å². The van der Waals surface area contributed by atoms with Gasteiger partial charge in [-0.1, -0.05) is 6.07 Å². The Morgan fingerprint density at radius 1 is 1.28 bits per heavy atom. The molecule has 2 N–H and O–H groups in total. The topological polar surface area (TPSA) is 61.0 Å². The van der Waals surface area contributed by atoms with Gasteiger partial charge in [0.05, 0.1) is 16.8 Å². The van der Waals surface area contributed by atoms with E-state index in [1.807, 2.05) is 0 Å². The van der Waals surface area contributed by atoms with Gasteiger partial charge in [-0.25, -0.2) is 0 Å². The van der Waals surface area contributed by atoms with Gasteiger partial charge in [0.15, 0.2) is 0 Å². The zero-order valence-corrected chi connectivity index (χ0v) is 8.95. The minimum Gasteiger partial charge on any atom is -0.305 e. The third-order valence-corrected chi connectivity index (χ3v) is 2.20. The molecule has 0 spiro atoms. The van der Waals surface area contributed by atoms with Crippen LogP contribution in [-0.2, 0) is 6.18 Å². The highest BCUT2D eigenvalue weighted by Gasteiger charge is 2.30. The number of alkyl halides is 3. The van der Waals surface area contributed by atoms with Gasteiger partial charge in [0.25, 0.3) is 5.56 Å². The first-order valence-corrected chi connectivity index (χ1v) is 4.94. The molecule has 0 aliphatic rings. The van der Waals surface area contributed by atoms with Gasteiger partial charge in [-0.05, 0) is 18.2 Å². The second-order valence-electron chi connectivity index (χ2n) is 3.50. The molecule has 0 radical (unpaired) electrons. The molecule has 0 saturated heterocycles. The van der Waals surface area contributed by atoms with E-state index in [4.69, 9.17) is 0 Å². The predicted molar refractivity (Wildman–Crippen MR) is 60.1 cm³/mol. The van der Waals surface area contributed by atoms with Crippen LogP contribution < -0.4 is 5.56 Å². The smallest absolute Gasteiger partial charge is 0.305 e. The standard InChI is InChI=1S/C11H8F3N3O/c12-11(13,14)8-2-1-3-9(4-8)15-5-7-6-16-17-10(7)18/h1-6H,(H2,16,17,18). The van der Waals surface area contributed by atoms with Gasteiger partial charge < -0.3 is 5.10 Å². The fraction of sp³-hybridized carbons (Fsp3) is 0.0909. The number of rotatable bonds is 2. The molecule has 0 fully saturated rings. The summed E-state index contributed by atoms with van der Waals surface area (Å²) in [4.78, 5) is 14.9. The lowest BCUT2D eigenvalue weighted by atomic mass is 10.2. The van der Waals surface area contributed by atoms with Crippen LogP contribution in [0.4, 0.5) is 18.9 Å². The molecule has 1 aromatic carbocycles. The highest BCUT2D eigenvalue weighted by Crippen LogP contribution is 2.31. The number of nitrogens with zero attached hydrogens (tertiary/aromatic N) is 1. The molecule has 0 saturated carbocycles. The molecule has 0 unspecified atom stereocenters. The van der Waals surface area contributed by atoms with Crippen molar-refractivity contribution in [3.63, 3.8) is 0 Å². The number of aromatic nitrogens is 2. The lowest BCUT2D eigenvalue weighted by Crippen LogP contribution is -2.04. The maximum Gasteiger partial charge on any atom is 0.416 e. The van der Waals surface area contributed by atoms with E-state index in [0.717, 1.165) is 12.1 Å². The molecule has 2 rings (SSSR count). The molecule has 18 heavy (non-hydrogen) atoms. The van der Waals surface area contributed by atoms with Crippen molar-refractivity contribution in [1.29, 1.82) is 0 Å². The Morgan fingerprint density at radius 3 is 2.67 bits per heavy atom. The van der Waals surface area contributed by atoms with Crippen LogP contribution in [0, 0.1) is 0 Å². The van der Waals surface area contributed by atoms with Gasteiger partial charge in [0.2, 0.25) is 0 Å². The normalized spacial score (nSPS) is 12.2. The van der Waals surface area contributed by atoms with Crippen LogP contribution in [0.3, 0.4) is 0 Å². The fourth-order valence-electron chi connectivity index (χ4n) is 1.32. The SMILES string of the molecule is O=c1[nH][nH]cc1C=Nc1cccc(C(F)(F)F)c1. The van der Waals surface area contributed by atoms with E-state index in [0.29, 0.717) is 0 Å². The molecule has 7 heteroatoms. The molecular weight excluding hydrogens is 247 g/mol. The molecular formula is C11H8F3N3O. The van der Waals surface area contributed by atoms with Gasteiger partial charge in [-0.15, -0.1) is 0 Å². The first kappa shape index (κ1) is 12.2. The number of H-pyrrole nitrogens is 2. The molecule has 1 aromatic heterocycles. The van der Waals surface area contributed by atoms with Crippen molar-refractivity contribution in [3.8, 4) is 0 Å². The number of hydrogen-bond donors (Lipinski definition) is 2. The summed E-state index contributed by atoms with van der Waals surface area (Å²) in [6.45, 7) is 0. The Hall–Kier alpha value is -2.31. The summed E-state index contributed by atoms with van der Waals surface area (Å²) in [5.74, 6) is 0. The van der Waals surface area contributed by atoms with Crippen molar-refractivity contribution in [3.05, 3.63) is 51.9 Å². The predicted octanol–water partition coefficient (Wildman–Crippen LogP) is 2.47. The number of benzene rings is 1. The maximum absolute atomic E-state index is 12.4. The third-order valence-electron chi connectivity index (χ3n) is 2.20. The zero-order chi connectivity index (χ0) is 13.2. The first-order valence-electron chi connectivity index (χ1n) is 4.94. The molecule has 0 amide bonds. The van der Waals surface area contributed by atoms with Crippen LogP contribution in [-0.4, -0.2) is 16.4 Å². The van der Waals surface area contributed by atoms with Crippen molar-refractivity contribution in [1.82, 2.24) is 10.2 Å². The number of halogens is 3. The highest BCUT2D eigenvalue weighted by molar-refractivity contribution is 5.81. The summed E-state index contributed by atoms with van der Waals surface area (Å²) in [5.41, 5.74) is -0.788. The highest BCUT2D eigenvalue weighted by atomic mass is 19.4. The van der Waals surface area contributed by atoms with E-state index in [2.05, 4.69) is 15.2 Å². The number of aromatic amines is 2. The Labute approximate surface area is 99.2 Å². The van der Waals surface area contributed by atoms with E-state index in [9.17, 15) is 18.0 Å². The summed E-state index contributed by atoms with van der Waals surface area (Å²) < 4.78 is 37.3. The van der Waals surface area contributed by atoms with E-state index >= 15 is 0 Å². The van der Waals surface area contributed by atoms with E-state index in [1.165, 1.54) is 24.5 Å². The van der Waals surface area contributed by atoms with Gasteiger partial charge in [0, 0.05) is 12.4 Å². The summed E-state index contributed by atoms with van der Waals surface area (Å²) >= 11 is 0. The van der Waals surface area contributed by atoms with Gasteiger partial charge in [-0.2, -0.15) is 13.2 Å². The summed E-state index contributed by atoms with van der Waals surface area (Å²) in [5, 5.41) is 4.75. The number of hydrogen-bond acceptors (Lipinski definition) is 2. The maximum atomic E-state index is 12.4. The van der Waals surface area contributed by atoms with Gasteiger partial charge in [0.1, 0.15) is 0 Å². The second kappa shape index (κ2) is 4.52. The Balaban J connectivity index is 2.28. The Kier molecular flexibility index (Phi) is 3.05. The van der Waals surface area contributed by atoms with Crippen molar-refractivity contribution in [2.45, 2.75) is 6.18 Å². The van der Waals surface area contributed by atoms with Crippen molar-refractivity contribution in [2.75, 3.05) is 0 Å². The van der Waals surface area contributed by atoms with Gasteiger partial charge >= 0.3 is 6.18 Å². The average molecular weight is 255 g/mol. The van der Waals surface area contributed by atoms with Crippen molar-refractivity contribution < 1.29 is 13.2 Å². The molecule has 2 aromatic rings. The zero-order valence-electron chi connectivity index (χ0n) is 8.95. The third kappa shape index (κ3) is 2.68. The number of aliphatic imine (C=N–C) groups is 1. The minimum atomic E-state index is -4.41. The fourth-order valence-corrected chi connectivity index (χ4v) is 1.32. The molecule has 1 heterocycles.